The van der Waals surface area contributed by atoms with Gasteiger partial charge in [0.05, 0.1) is 27.9 Å². The Bertz CT molecular complexity index is 1290. The number of pyridine rings is 1. The Morgan fingerprint density at radius 2 is 2.12 bits per heavy atom. The third-order valence-corrected chi connectivity index (χ3v) is 7.00. The van der Waals surface area contributed by atoms with Gasteiger partial charge in [-0.05, 0) is 67.5 Å². The van der Waals surface area contributed by atoms with E-state index in [2.05, 4.69) is 47.7 Å². The number of rotatable bonds is 6. The minimum Gasteiger partial charge on any atom is -0.376 e. The van der Waals surface area contributed by atoms with E-state index in [4.69, 9.17) is 9.72 Å². The van der Waals surface area contributed by atoms with Crippen molar-refractivity contribution in [3.63, 3.8) is 0 Å². The van der Waals surface area contributed by atoms with Crippen LogP contribution in [0.4, 0.5) is 0 Å². The smallest absolute Gasteiger partial charge is 0.272 e. The van der Waals surface area contributed by atoms with Gasteiger partial charge >= 0.3 is 0 Å². The molecule has 0 N–H and O–H groups in total. The number of nitrogens with zero attached hydrogens (tertiary/aromatic N) is 4. The SMILES string of the molecule is Cc1ccc2cc(CN(CC3CCCO3)C(=O)c3cc(C)nn3C)c(-c3cccs3)nc2c1. The van der Waals surface area contributed by atoms with Crippen molar-refractivity contribution in [2.24, 2.45) is 7.05 Å². The van der Waals surface area contributed by atoms with E-state index in [9.17, 15) is 4.79 Å². The van der Waals surface area contributed by atoms with E-state index in [1.165, 1.54) is 5.56 Å². The Labute approximate surface area is 197 Å². The standard InChI is InChI=1S/C26H28N4O2S/c1-17-8-9-19-14-20(25(27-22(19)12-17)24-7-5-11-33-24)15-30(16-21-6-4-10-32-21)26(31)23-13-18(2)28-29(23)3/h5,7-9,11-14,21H,4,6,10,15-16H2,1-3H3. The number of carbonyl (C=O) groups is 1. The van der Waals surface area contributed by atoms with E-state index in [1.54, 1.807) is 16.0 Å². The molecule has 4 aromatic rings. The Balaban J connectivity index is 1.57. The molecule has 6 nitrogen and oxygen atoms in total. The fourth-order valence-electron chi connectivity index (χ4n) is 4.50. The highest BCUT2D eigenvalue weighted by atomic mass is 32.1. The molecule has 170 valence electrons. The van der Waals surface area contributed by atoms with Gasteiger partial charge in [-0.3, -0.25) is 9.48 Å². The zero-order chi connectivity index (χ0) is 22.9. The molecule has 0 spiro atoms. The normalized spacial score (nSPS) is 15.9. The summed E-state index contributed by atoms with van der Waals surface area (Å²) in [5.74, 6) is -0.0327. The van der Waals surface area contributed by atoms with Gasteiger partial charge in [0.1, 0.15) is 5.69 Å². The fraction of sp³-hybridized carbons (Fsp3) is 0.346. The second kappa shape index (κ2) is 9.08. The maximum atomic E-state index is 13.7. The molecule has 4 heterocycles. The van der Waals surface area contributed by atoms with Crippen LogP contribution in [-0.4, -0.2) is 44.8 Å². The summed E-state index contributed by atoms with van der Waals surface area (Å²) in [6.07, 6.45) is 2.07. The second-order valence-corrected chi connectivity index (χ2v) is 9.73. The first kappa shape index (κ1) is 21.8. The predicted molar refractivity (Wildman–Crippen MR) is 131 cm³/mol. The van der Waals surface area contributed by atoms with Crippen LogP contribution in [0.2, 0.25) is 0 Å². The molecular formula is C26H28N4O2S. The molecule has 0 bridgehead atoms. The van der Waals surface area contributed by atoms with Crippen LogP contribution in [0, 0.1) is 13.8 Å². The summed E-state index contributed by atoms with van der Waals surface area (Å²) in [4.78, 5) is 21.7. The number of amides is 1. The lowest BCUT2D eigenvalue weighted by Crippen LogP contribution is -2.38. The highest BCUT2D eigenvalue weighted by molar-refractivity contribution is 7.13. The fourth-order valence-corrected chi connectivity index (χ4v) is 5.25. The van der Waals surface area contributed by atoms with Gasteiger partial charge in [-0.1, -0.05) is 18.2 Å². The molecule has 1 fully saturated rings. The van der Waals surface area contributed by atoms with E-state index >= 15 is 0 Å². The van der Waals surface area contributed by atoms with Crippen molar-refractivity contribution >= 4 is 28.1 Å². The zero-order valence-electron chi connectivity index (χ0n) is 19.2. The third-order valence-electron chi connectivity index (χ3n) is 6.12. The van der Waals surface area contributed by atoms with E-state index < -0.39 is 0 Å². The van der Waals surface area contributed by atoms with E-state index in [-0.39, 0.29) is 12.0 Å². The summed E-state index contributed by atoms with van der Waals surface area (Å²) >= 11 is 1.67. The third kappa shape index (κ3) is 4.56. The minimum atomic E-state index is -0.0327. The topological polar surface area (TPSA) is 60.2 Å². The minimum absolute atomic E-state index is 0.0327. The summed E-state index contributed by atoms with van der Waals surface area (Å²) in [6, 6.07) is 14.5. The van der Waals surface area contributed by atoms with Gasteiger partial charge in [-0.25, -0.2) is 4.98 Å². The largest absolute Gasteiger partial charge is 0.376 e. The summed E-state index contributed by atoms with van der Waals surface area (Å²) in [5, 5.41) is 7.53. The number of thiophene rings is 1. The van der Waals surface area contributed by atoms with Crippen LogP contribution in [0.15, 0.2) is 47.8 Å². The van der Waals surface area contributed by atoms with E-state index in [0.29, 0.717) is 18.8 Å². The quantitative estimate of drug-likeness (QED) is 0.400. The molecule has 7 heteroatoms. The van der Waals surface area contributed by atoms with Gasteiger partial charge < -0.3 is 9.64 Å². The van der Waals surface area contributed by atoms with Crippen LogP contribution in [0.25, 0.3) is 21.5 Å². The first-order valence-electron chi connectivity index (χ1n) is 11.3. The van der Waals surface area contributed by atoms with Crippen LogP contribution in [-0.2, 0) is 18.3 Å². The molecule has 0 saturated carbocycles. The molecule has 0 radical (unpaired) electrons. The number of benzene rings is 1. The molecule has 1 atom stereocenters. The van der Waals surface area contributed by atoms with E-state index in [1.807, 2.05) is 31.0 Å². The molecule has 3 aromatic heterocycles. The number of aryl methyl sites for hydroxylation is 3. The molecule has 1 aromatic carbocycles. The van der Waals surface area contributed by atoms with Crippen molar-refractivity contribution in [2.75, 3.05) is 13.2 Å². The number of hydrogen-bond donors (Lipinski definition) is 0. The maximum Gasteiger partial charge on any atom is 0.272 e. The summed E-state index contributed by atoms with van der Waals surface area (Å²) < 4.78 is 7.57. The number of carbonyl (C=O) groups excluding carboxylic acids is 1. The molecule has 33 heavy (non-hydrogen) atoms. The van der Waals surface area contributed by atoms with Gasteiger partial charge in [-0.15, -0.1) is 11.3 Å². The molecule has 1 aliphatic rings. The summed E-state index contributed by atoms with van der Waals surface area (Å²) in [5.41, 5.74) is 5.56. The molecule has 1 unspecified atom stereocenters. The van der Waals surface area contributed by atoms with Gasteiger partial charge in [0.25, 0.3) is 5.91 Å². The average Bonchev–Trinajstić information content (AvgIpc) is 3.55. The predicted octanol–water partition coefficient (Wildman–Crippen LogP) is 5.14. The Morgan fingerprint density at radius 3 is 2.82 bits per heavy atom. The highest BCUT2D eigenvalue weighted by Gasteiger charge is 2.27. The van der Waals surface area contributed by atoms with Crippen molar-refractivity contribution in [2.45, 2.75) is 39.3 Å². The molecule has 0 aliphatic carbocycles. The van der Waals surface area contributed by atoms with Crippen molar-refractivity contribution < 1.29 is 9.53 Å². The van der Waals surface area contributed by atoms with Crippen molar-refractivity contribution in [1.82, 2.24) is 19.7 Å². The van der Waals surface area contributed by atoms with Crippen LogP contribution in [0.1, 0.15) is 40.2 Å². The van der Waals surface area contributed by atoms with Gasteiger partial charge in [-0.2, -0.15) is 5.10 Å². The van der Waals surface area contributed by atoms with Crippen molar-refractivity contribution in [3.8, 4) is 10.6 Å². The zero-order valence-corrected chi connectivity index (χ0v) is 20.1. The molecule has 1 amide bonds. The Morgan fingerprint density at radius 1 is 1.24 bits per heavy atom. The number of aromatic nitrogens is 3. The van der Waals surface area contributed by atoms with Crippen molar-refractivity contribution in [3.05, 3.63) is 70.4 Å². The lowest BCUT2D eigenvalue weighted by atomic mass is 10.1. The lowest BCUT2D eigenvalue weighted by molar-refractivity contribution is 0.0499. The molecular weight excluding hydrogens is 432 g/mol. The summed E-state index contributed by atoms with van der Waals surface area (Å²) in [6.45, 7) is 5.77. The number of hydrogen-bond acceptors (Lipinski definition) is 5. The molecule has 5 rings (SSSR count). The van der Waals surface area contributed by atoms with Crippen LogP contribution >= 0.6 is 11.3 Å². The van der Waals surface area contributed by atoms with Gasteiger partial charge in [0.2, 0.25) is 0 Å². The molecule has 1 aliphatic heterocycles. The number of fused-ring (bicyclic) bond motifs is 1. The van der Waals surface area contributed by atoms with Crippen LogP contribution in [0.3, 0.4) is 0 Å². The number of ether oxygens (including phenoxy) is 1. The molecule has 1 saturated heterocycles. The van der Waals surface area contributed by atoms with Crippen molar-refractivity contribution in [1.29, 1.82) is 0 Å². The highest BCUT2D eigenvalue weighted by Crippen LogP contribution is 2.31. The van der Waals surface area contributed by atoms with Gasteiger partial charge in [0, 0.05) is 32.1 Å². The van der Waals surface area contributed by atoms with E-state index in [0.717, 1.165) is 52.2 Å². The van der Waals surface area contributed by atoms with Crippen LogP contribution < -0.4 is 0 Å². The second-order valence-electron chi connectivity index (χ2n) is 8.78. The maximum absolute atomic E-state index is 13.7. The average molecular weight is 461 g/mol. The first-order valence-corrected chi connectivity index (χ1v) is 12.2. The Kier molecular flexibility index (Phi) is 6.00. The summed E-state index contributed by atoms with van der Waals surface area (Å²) in [7, 11) is 1.82. The van der Waals surface area contributed by atoms with Crippen LogP contribution in [0.5, 0.6) is 0 Å². The Hall–Kier alpha value is -3.03. The monoisotopic (exact) mass is 460 g/mol. The first-order chi connectivity index (χ1) is 16.0. The lowest BCUT2D eigenvalue weighted by Gasteiger charge is -2.26. The van der Waals surface area contributed by atoms with Gasteiger partial charge in [0.15, 0.2) is 0 Å².